The van der Waals surface area contributed by atoms with E-state index < -0.39 is 0 Å². The zero-order valence-corrected chi connectivity index (χ0v) is 16.0. The largest absolute Gasteiger partial charge is 0.369 e. The number of allylic oxidation sites excluding steroid dienone is 1. The van der Waals surface area contributed by atoms with Crippen molar-refractivity contribution >= 4 is 28.8 Å². The molecule has 1 aromatic carbocycles. The number of hydrogen-bond donors (Lipinski definition) is 1. The van der Waals surface area contributed by atoms with Crippen molar-refractivity contribution in [2.24, 2.45) is 0 Å². The van der Waals surface area contributed by atoms with E-state index in [2.05, 4.69) is 38.4 Å². The highest BCUT2D eigenvalue weighted by atomic mass is 16.1. The van der Waals surface area contributed by atoms with Crippen LogP contribution in [0.2, 0.25) is 0 Å². The second kappa shape index (κ2) is 6.87. The molecule has 1 aliphatic carbocycles. The molecule has 0 saturated carbocycles. The minimum Gasteiger partial charge on any atom is -0.369 e. The van der Waals surface area contributed by atoms with Gasteiger partial charge >= 0.3 is 0 Å². The lowest BCUT2D eigenvalue weighted by Crippen LogP contribution is -2.43. The third-order valence-electron chi connectivity index (χ3n) is 5.58. The number of ketones is 1. The Hall–Kier alpha value is -2.99. The third-order valence-corrected chi connectivity index (χ3v) is 5.58. The molecule has 0 spiro atoms. The summed E-state index contributed by atoms with van der Waals surface area (Å²) in [5.74, 6) is 0.146. The second-order valence-corrected chi connectivity index (χ2v) is 7.52. The Morgan fingerprint density at radius 2 is 1.96 bits per heavy atom. The van der Waals surface area contributed by atoms with Crippen molar-refractivity contribution in [1.29, 1.82) is 0 Å². The first-order valence-electron chi connectivity index (χ1n) is 9.82. The van der Waals surface area contributed by atoms with E-state index in [0.717, 1.165) is 55.2 Å². The molecule has 2 aliphatic rings. The summed E-state index contributed by atoms with van der Waals surface area (Å²) in [4.78, 5) is 24.2. The molecular formula is C22H23N5O. The summed E-state index contributed by atoms with van der Waals surface area (Å²) >= 11 is 0. The van der Waals surface area contributed by atoms with E-state index in [9.17, 15) is 4.79 Å². The first-order valence-corrected chi connectivity index (χ1v) is 9.82. The van der Waals surface area contributed by atoms with Crippen LogP contribution < -0.4 is 10.2 Å². The zero-order valence-electron chi connectivity index (χ0n) is 16.0. The van der Waals surface area contributed by atoms with E-state index in [-0.39, 0.29) is 5.78 Å². The number of piperazine rings is 1. The van der Waals surface area contributed by atoms with E-state index in [0.29, 0.717) is 12.0 Å². The van der Waals surface area contributed by atoms with Crippen molar-refractivity contribution in [3.8, 4) is 0 Å². The average Bonchev–Trinajstić information content (AvgIpc) is 3.06. The number of imidazole rings is 1. The van der Waals surface area contributed by atoms with Gasteiger partial charge in [0.25, 0.3) is 0 Å². The van der Waals surface area contributed by atoms with E-state index in [1.54, 1.807) is 6.20 Å². The topological polar surface area (TPSA) is 62.5 Å². The Kier molecular flexibility index (Phi) is 4.20. The van der Waals surface area contributed by atoms with Gasteiger partial charge in [0.1, 0.15) is 0 Å². The van der Waals surface area contributed by atoms with Crippen LogP contribution >= 0.6 is 0 Å². The third kappa shape index (κ3) is 3.10. The molecule has 0 bridgehead atoms. The normalized spacial score (nSPS) is 17.4. The van der Waals surface area contributed by atoms with Crippen LogP contribution in [0, 0.1) is 6.92 Å². The van der Waals surface area contributed by atoms with Crippen LogP contribution in [0.4, 0.5) is 5.69 Å². The van der Waals surface area contributed by atoms with Gasteiger partial charge in [-0.2, -0.15) is 0 Å². The van der Waals surface area contributed by atoms with Crippen molar-refractivity contribution in [1.82, 2.24) is 19.7 Å². The molecule has 28 heavy (non-hydrogen) atoms. The molecule has 1 fully saturated rings. The Bertz CT molecular complexity index is 1090. The summed E-state index contributed by atoms with van der Waals surface area (Å²) in [6.45, 7) is 6.02. The van der Waals surface area contributed by atoms with Crippen molar-refractivity contribution in [2.45, 2.75) is 19.8 Å². The predicted octanol–water partition coefficient (Wildman–Crippen LogP) is 2.50. The number of aromatic nitrogens is 3. The van der Waals surface area contributed by atoms with Crippen molar-refractivity contribution < 1.29 is 4.79 Å². The van der Waals surface area contributed by atoms with E-state index in [1.165, 1.54) is 11.3 Å². The van der Waals surface area contributed by atoms with E-state index in [1.807, 2.05) is 29.8 Å². The van der Waals surface area contributed by atoms with E-state index in [4.69, 9.17) is 0 Å². The Morgan fingerprint density at radius 3 is 2.82 bits per heavy atom. The molecule has 1 aliphatic heterocycles. The van der Waals surface area contributed by atoms with Crippen molar-refractivity contribution in [3.05, 3.63) is 59.3 Å². The number of aryl methyl sites for hydroxylation is 2. The van der Waals surface area contributed by atoms with Gasteiger partial charge in [0.05, 0.1) is 17.6 Å². The minimum atomic E-state index is 0.146. The number of Topliss-reactive ketones (excluding diaryl/α,β-unsaturated/α-hetero) is 1. The van der Waals surface area contributed by atoms with Crippen molar-refractivity contribution in [2.75, 3.05) is 31.1 Å². The standard InChI is InChI=1S/C22H23N5O/c1-15-13-27-14-20(25-22(27)12-24-15)19-11-17-2-4-18(26-8-6-23-7-9-26)10-16(17)3-5-21(19)28/h2,4,10-14,23H,3,5-9H2,1H3. The van der Waals surface area contributed by atoms with Gasteiger partial charge in [-0.25, -0.2) is 4.98 Å². The number of nitrogens with zero attached hydrogens (tertiary/aromatic N) is 4. The first kappa shape index (κ1) is 17.1. The maximum Gasteiger partial charge on any atom is 0.165 e. The highest BCUT2D eigenvalue weighted by molar-refractivity contribution is 6.25. The minimum absolute atomic E-state index is 0.146. The number of anilines is 1. The van der Waals surface area contributed by atoms with Crippen molar-refractivity contribution in [3.63, 3.8) is 0 Å². The van der Waals surface area contributed by atoms with Crippen LogP contribution in [-0.2, 0) is 11.2 Å². The molecule has 0 unspecified atom stereocenters. The number of benzene rings is 1. The summed E-state index contributed by atoms with van der Waals surface area (Å²) in [6.07, 6.45) is 8.88. The van der Waals surface area contributed by atoms with Crippen LogP contribution in [0.25, 0.3) is 17.3 Å². The van der Waals surface area contributed by atoms with Gasteiger partial charge in [-0.15, -0.1) is 0 Å². The molecule has 3 aromatic rings. The smallest absolute Gasteiger partial charge is 0.165 e. The fourth-order valence-electron chi connectivity index (χ4n) is 4.04. The monoisotopic (exact) mass is 373 g/mol. The van der Waals surface area contributed by atoms with E-state index >= 15 is 0 Å². The first-order chi connectivity index (χ1) is 13.7. The molecule has 142 valence electrons. The fourth-order valence-corrected chi connectivity index (χ4v) is 4.04. The summed E-state index contributed by atoms with van der Waals surface area (Å²) in [7, 11) is 0. The highest BCUT2D eigenvalue weighted by Crippen LogP contribution is 2.30. The van der Waals surface area contributed by atoms with Crippen LogP contribution in [0.1, 0.15) is 28.9 Å². The number of fused-ring (bicyclic) bond motifs is 2. The fraction of sp³-hybridized carbons (Fsp3) is 0.318. The SMILES string of the molecule is Cc1cn2cc(C3=Cc4ccc(N5CCNCC5)cc4CCC3=O)nc2cn1. The van der Waals surface area contributed by atoms with Gasteiger partial charge in [-0.3, -0.25) is 9.78 Å². The number of hydrogen-bond acceptors (Lipinski definition) is 5. The Morgan fingerprint density at radius 1 is 1.11 bits per heavy atom. The maximum absolute atomic E-state index is 12.9. The number of carbonyl (C=O) groups excluding carboxylic acids is 1. The Labute approximate surface area is 163 Å². The van der Waals surface area contributed by atoms with Crippen LogP contribution in [-0.4, -0.2) is 46.3 Å². The van der Waals surface area contributed by atoms with Crippen LogP contribution in [0.3, 0.4) is 0 Å². The zero-order chi connectivity index (χ0) is 19.1. The molecule has 1 N–H and O–H groups in total. The summed E-state index contributed by atoms with van der Waals surface area (Å²) in [6, 6.07) is 6.57. The molecule has 1 saturated heterocycles. The molecule has 0 atom stereocenters. The summed E-state index contributed by atoms with van der Waals surface area (Å²) < 4.78 is 1.94. The number of carbonyl (C=O) groups is 1. The van der Waals surface area contributed by atoms with Crippen LogP contribution in [0.5, 0.6) is 0 Å². The molecule has 5 rings (SSSR count). The molecule has 6 nitrogen and oxygen atoms in total. The van der Waals surface area contributed by atoms with Gasteiger partial charge < -0.3 is 14.6 Å². The van der Waals surface area contributed by atoms with Gasteiger partial charge in [-0.1, -0.05) is 6.07 Å². The lowest BCUT2D eigenvalue weighted by Gasteiger charge is -2.30. The molecule has 0 radical (unpaired) electrons. The van der Waals surface area contributed by atoms with Crippen LogP contribution in [0.15, 0.2) is 36.8 Å². The molecule has 6 heteroatoms. The van der Waals surface area contributed by atoms with Gasteiger partial charge in [-0.05, 0) is 42.7 Å². The molecular weight excluding hydrogens is 350 g/mol. The van der Waals surface area contributed by atoms with Gasteiger partial charge in [0, 0.05) is 56.3 Å². The second-order valence-electron chi connectivity index (χ2n) is 7.52. The maximum atomic E-state index is 12.9. The lowest BCUT2D eigenvalue weighted by atomic mass is 10.0. The highest BCUT2D eigenvalue weighted by Gasteiger charge is 2.21. The number of nitrogens with one attached hydrogen (secondary N) is 1. The average molecular weight is 373 g/mol. The summed E-state index contributed by atoms with van der Waals surface area (Å²) in [5.41, 5.74) is 6.69. The Balaban J connectivity index is 1.53. The molecule has 2 aromatic heterocycles. The molecule has 3 heterocycles. The number of rotatable bonds is 2. The predicted molar refractivity (Wildman–Crippen MR) is 110 cm³/mol. The van der Waals surface area contributed by atoms with Gasteiger partial charge in [0.2, 0.25) is 0 Å². The summed E-state index contributed by atoms with van der Waals surface area (Å²) in [5, 5.41) is 3.39. The van der Waals surface area contributed by atoms with Gasteiger partial charge in [0.15, 0.2) is 11.4 Å². The quantitative estimate of drug-likeness (QED) is 0.748. The molecule has 0 amide bonds. The lowest BCUT2D eigenvalue weighted by molar-refractivity contribution is -0.113.